The monoisotopic (exact) mass is 244 g/mol. The molecule has 0 aliphatic carbocycles. The first-order valence-corrected chi connectivity index (χ1v) is 5.68. The Labute approximate surface area is 107 Å². The minimum atomic E-state index is 0.714. The molecule has 94 valence electrons. The van der Waals surface area contributed by atoms with Gasteiger partial charge in [-0.2, -0.15) is 0 Å². The van der Waals surface area contributed by atoms with Gasteiger partial charge in [0.1, 0.15) is 0 Å². The Morgan fingerprint density at radius 1 is 1.11 bits per heavy atom. The lowest BCUT2D eigenvalue weighted by Crippen LogP contribution is -2.00. The Hall–Kier alpha value is -2.23. The molecule has 4 nitrogen and oxygen atoms in total. The average molecular weight is 244 g/mol. The van der Waals surface area contributed by atoms with Crippen LogP contribution in [-0.4, -0.2) is 19.2 Å². The van der Waals surface area contributed by atoms with Crippen molar-refractivity contribution in [3.8, 4) is 11.5 Å². The molecule has 1 N–H and O–H groups in total. The smallest absolute Gasteiger partial charge is 0.161 e. The molecule has 4 heteroatoms. The van der Waals surface area contributed by atoms with Gasteiger partial charge in [-0.25, -0.2) is 0 Å². The van der Waals surface area contributed by atoms with E-state index in [0.717, 1.165) is 22.7 Å². The molecule has 1 heterocycles. The van der Waals surface area contributed by atoms with E-state index in [9.17, 15) is 0 Å². The Bertz CT molecular complexity index is 500. The molecule has 0 fully saturated rings. The summed E-state index contributed by atoms with van der Waals surface area (Å²) in [5.41, 5.74) is 2.11. The van der Waals surface area contributed by atoms with Crippen LogP contribution in [0.2, 0.25) is 0 Å². The van der Waals surface area contributed by atoms with Crippen molar-refractivity contribution < 1.29 is 9.47 Å². The predicted molar refractivity (Wildman–Crippen MR) is 71.1 cm³/mol. The second-order valence-corrected chi connectivity index (χ2v) is 3.78. The lowest BCUT2D eigenvalue weighted by Gasteiger charge is -2.10. The van der Waals surface area contributed by atoms with E-state index in [-0.39, 0.29) is 0 Å². The number of aromatic nitrogens is 1. The van der Waals surface area contributed by atoms with Crippen LogP contribution >= 0.6 is 0 Å². The van der Waals surface area contributed by atoms with Gasteiger partial charge in [0.05, 0.1) is 19.9 Å². The van der Waals surface area contributed by atoms with Crippen LogP contribution in [0.25, 0.3) is 0 Å². The van der Waals surface area contributed by atoms with Gasteiger partial charge in [0.15, 0.2) is 11.5 Å². The Balaban J connectivity index is 2.06. The minimum absolute atomic E-state index is 0.714. The van der Waals surface area contributed by atoms with Crippen LogP contribution in [0.1, 0.15) is 5.56 Å². The summed E-state index contributed by atoms with van der Waals surface area (Å²) in [6, 6.07) is 9.75. The average Bonchev–Trinajstić information content (AvgIpc) is 2.45. The summed E-state index contributed by atoms with van der Waals surface area (Å²) in [6.45, 7) is 0.714. The van der Waals surface area contributed by atoms with Crippen molar-refractivity contribution in [2.24, 2.45) is 0 Å². The Kier molecular flexibility index (Phi) is 4.02. The summed E-state index contributed by atoms with van der Waals surface area (Å²) < 4.78 is 10.5. The minimum Gasteiger partial charge on any atom is -0.493 e. The van der Waals surface area contributed by atoms with E-state index in [4.69, 9.17) is 9.47 Å². The normalized spacial score (nSPS) is 9.89. The maximum Gasteiger partial charge on any atom is 0.161 e. The van der Waals surface area contributed by atoms with E-state index in [1.54, 1.807) is 26.6 Å². The molecule has 0 spiro atoms. The van der Waals surface area contributed by atoms with Crippen LogP contribution in [0.4, 0.5) is 5.69 Å². The molecule has 0 aliphatic rings. The molecule has 18 heavy (non-hydrogen) atoms. The SMILES string of the molecule is COc1ccc(CNc2cccnc2)cc1OC. The molecule has 1 aromatic carbocycles. The van der Waals surface area contributed by atoms with E-state index in [1.165, 1.54) is 0 Å². The van der Waals surface area contributed by atoms with E-state index >= 15 is 0 Å². The summed E-state index contributed by atoms with van der Waals surface area (Å²) in [5, 5.41) is 3.29. The van der Waals surface area contributed by atoms with Gasteiger partial charge in [0.25, 0.3) is 0 Å². The van der Waals surface area contributed by atoms with Gasteiger partial charge in [-0.15, -0.1) is 0 Å². The summed E-state index contributed by atoms with van der Waals surface area (Å²) in [7, 11) is 3.27. The summed E-state index contributed by atoms with van der Waals surface area (Å²) in [4.78, 5) is 4.05. The number of benzene rings is 1. The second kappa shape index (κ2) is 5.91. The quantitative estimate of drug-likeness (QED) is 0.878. The summed E-state index contributed by atoms with van der Waals surface area (Å²) in [6.07, 6.45) is 3.54. The number of nitrogens with one attached hydrogen (secondary N) is 1. The third kappa shape index (κ3) is 2.91. The number of hydrogen-bond donors (Lipinski definition) is 1. The molecule has 0 saturated carbocycles. The topological polar surface area (TPSA) is 43.4 Å². The third-order valence-corrected chi connectivity index (χ3v) is 2.61. The van der Waals surface area contributed by atoms with Crippen LogP contribution in [0.5, 0.6) is 11.5 Å². The van der Waals surface area contributed by atoms with Gasteiger partial charge < -0.3 is 14.8 Å². The van der Waals surface area contributed by atoms with Crippen LogP contribution in [0.3, 0.4) is 0 Å². The molecule has 0 amide bonds. The molecule has 0 atom stereocenters. The zero-order chi connectivity index (χ0) is 12.8. The fraction of sp³-hybridized carbons (Fsp3) is 0.214. The number of nitrogens with zero attached hydrogens (tertiary/aromatic N) is 1. The van der Waals surface area contributed by atoms with Gasteiger partial charge >= 0.3 is 0 Å². The Morgan fingerprint density at radius 2 is 1.94 bits per heavy atom. The maximum atomic E-state index is 5.26. The Morgan fingerprint density at radius 3 is 2.61 bits per heavy atom. The van der Waals surface area contributed by atoms with Crippen LogP contribution in [-0.2, 0) is 6.54 Å². The van der Waals surface area contributed by atoms with Crippen molar-refractivity contribution in [1.82, 2.24) is 4.98 Å². The van der Waals surface area contributed by atoms with Gasteiger partial charge in [-0.1, -0.05) is 6.07 Å². The van der Waals surface area contributed by atoms with Gasteiger partial charge in [0.2, 0.25) is 0 Å². The first-order valence-electron chi connectivity index (χ1n) is 5.68. The lowest BCUT2D eigenvalue weighted by molar-refractivity contribution is 0.354. The van der Waals surface area contributed by atoms with Crippen molar-refractivity contribution in [2.75, 3.05) is 19.5 Å². The first-order chi connectivity index (χ1) is 8.83. The van der Waals surface area contributed by atoms with E-state index in [0.29, 0.717) is 6.54 Å². The molecule has 0 aliphatic heterocycles. The fourth-order valence-electron chi connectivity index (χ4n) is 1.66. The van der Waals surface area contributed by atoms with Crippen LogP contribution < -0.4 is 14.8 Å². The molecule has 0 unspecified atom stereocenters. The highest BCUT2D eigenvalue weighted by Crippen LogP contribution is 2.27. The molecule has 2 aromatic rings. The number of pyridine rings is 1. The summed E-state index contributed by atoms with van der Waals surface area (Å²) >= 11 is 0. The van der Waals surface area contributed by atoms with Gasteiger partial charge in [0, 0.05) is 18.9 Å². The molecular formula is C14H16N2O2. The molecular weight excluding hydrogens is 228 g/mol. The van der Waals surface area contributed by atoms with E-state index in [2.05, 4.69) is 10.3 Å². The standard InChI is InChI=1S/C14H16N2O2/c1-17-13-6-5-11(8-14(13)18-2)9-16-12-4-3-7-15-10-12/h3-8,10,16H,9H2,1-2H3. The molecule has 0 saturated heterocycles. The van der Waals surface area contributed by atoms with Gasteiger partial charge in [-0.3, -0.25) is 4.98 Å². The van der Waals surface area contributed by atoms with Crippen molar-refractivity contribution in [3.63, 3.8) is 0 Å². The summed E-state index contributed by atoms with van der Waals surface area (Å²) in [5.74, 6) is 1.48. The highest BCUT2D eigenvalue weighted by atomic mass is 16.5. The molecule has 2 rings (SSSR count). The number of methoxy groups -OCH3 is 2. The van der Waals surface area contributed by atoms with Crippen molar-refractivity contribution in [2.45, 2.75) is 6.54 Å². The number of ether oxygens (including phenoxy) is 2. The molecule has 0 radical (unpaired) electrons. The zero-order valence-corrected chi connectivity index (χ0v) is 10.5. The largest absolute Gasteiger partial charge is 0.493 e. The highest BCUT2D eigenvalue weighted by Gasteiger charge is 2.04. The first kappa shape index (κ1) is 12.2. The number of hydrogen-bond acceptors (Lipinski definition) is 4. The highest BCUT2D eigenvalue weighted by molar-refractivity contribution is 5.45. The van der Waals surface area contributed by atoms with Crippen LogP contribution in [0.15, 0.2) is 42.7 Å². The van der Waals surface area contributed by atoms with E-state index < -0.39 is 0 Å². The fourth-order valence-corrected chi connectivity index (χ4v) is 1.66. The third-order valence-electron chi connectivity index (χ3n) is 2.61. The predicted octanol–water partition coefficient (Wildman–Crippen LogP) is 2.71. The number of rotatable bonds is 5. The van der Waals surface area contributed by atoms with E-state index in [1.807, 2.05) is 30.3 Å². The molecule has 1 aromatic heterocycles. The van der Waals surface area contributed by atoms with Crippen molar-refractivity contribution >= 4 is 5.69 Å². The van der Waals surface area contributed by atoms with Crippen molar-refractivity contribution in [1.29, 1.82) is 0 Å². The number of anilines is 1. The zero-order valence-electron chi connectivity index (χ0n) is 10.5. The van der Waals surface area contributed by atoms with Crippen LogP contribution in [0, 0.1) is 0 Å². The second-order valence-electron chi connectivity index (χ2n) is 3.78. The maximum absolute atomic E-state index is 5.26. The molecule has 0 bridgehead atoms. The van der Waals surface area contributed by atoms with Gasteiger partial charge in [-0.05, 0) is 29.8 Å². The lowest BCUT2D eigenvalue weighted by atomic mass is 10.2. The van der Waals surface area contributed by atoms with Crippen molar-refractivity contribution in [3.05, 3.63) is 48.3 Å².